The second kappa shape index (κ2) is 8.14. The summed E-state index contributed by atoms with van der Waals surface area (Å²) in [5.41, 5.74) is 0.876. The minimum absolute atomic E-state index is 0.139. The first-order valence-corrected chi connectivity index (χ1v) is 9.12. The Morgan fingerprint density at radius 3 is 2.57 bits per heavy atom. The van der Waals surface area contributed by atoms with E-state index in [0.717, 1.165) is 23.9 Å². The third-order valence-electron chi connectivity index (χ3n) is 4.00. The van der Waals surface area contributed by atoms with Crippen molar-refractivity contribution < 1.29 is 22.4 Å². The van der Waals surface area contributed by atoms with Gasteiger partial charge in [0.15, 0.2) is 5.17 Å². The smallest absolute Gasteiger partial charge is 0.303 e. The number of alkyl halides is 3. The zero-order valence-corrected chi connectivity index (χ0v) is 15.4. The van der Waals surface area contributed by atoms with Crippen LogP contribution < -0.4 is 5.32 Å². The van der Waals surface area contributed by atoms with Gasteiger partial charge in [0.1, 0.15) is 5.82 Å². The van der Waals surface area contributed by atoms with E-state index >= 15 is 0 Å². The summed E-state index contributed by atoms with van der Waals surface area (Å²) < 4.78 is 51.4. The molecule has 0 aromatic heterocycles. The highest BCUT2D eigenvalue weighted by Gasteiger charge is 2.33. The second-order valence-electron chi connectivity index (χ2n) is 6.10. The molecule has 9 heteroatoms. The molecule has 1 atom stereocenters. The lowest BCUT2D eigenvalue weighted by Crippen LogP contribution is -2.26. The SMILES string of the molecule is CC(=NN=C1NC(=O)C(Cc2cccc(C(F)(F)F)c2)S1)c1ccc(F)cc1. The van der Waals surface area contributed by atoms with Crippen LogP contribution in [0.5, 0.6) is 0 Å². The van der Waals surface area contributed by atoms with Crippen molar-refractivity contribution >= 4 is 28.5 Å². The van der Waals surface area contributed by atoms with Gasteiger partial charge in [-0.05, 0) is 42.7 Å². The zero-order chi connectivity index (χ0) is 20.3. The molecule has 2 aromatic rings. The number of halogens is 4. The van der Waals surface area contributed by atoms with Crippen LogP contribution in [-0.2, 0) is 17.4 Å². The molecule has 28 heavy (non-hydrogen) atoms. The molecule has 1 fully saturated rings. The topological polar surface area (TPSA) is 53.8 Å². The zero-order valence-electron chi connectivity index (χ0n) is 14.6. The van der Waals surface area contributed by atoms with Crippen molar-refractivity contribution in [2.75, 3.05) is 0 Å². The van der Waals surface area contributed by atoms with Crippen LogP contribution in [0.15, 0.2) is 58.7 Å². The third kappa shape index (κ3) is 4.98. The van der Waals surface area contributed by atoms with E-state index in [1.807, 2.05) is 0 Å². The average Bonchev–Trinajstić information content (AvgIpc) is 2.99. The van der Waals surface area contributed by atoms with Gasteiger partial charge in [-0.25, -0.2) is 4.39 Å². The fraction of sp³-hybridized carbons (Fsp3) is 0.211. The number of benzene rings is 2. The quantitative estimate of drug-likeness (QED) is 0.462. The normalized spacial score (nSPS) is 19.2. The summed E-state index contributed by atoms with van der Waals surface area (Å²) in [6, 6.07) is 10.6. The van der Waals surface area contributed by atoms with Crippen molar-refractivity contribution in [3.63, 3.8) is 0 Å². The first kappa shape index (κ1) is 20.1. The highest BCUT2D eigenvalue weighted by molar-refractivity contribution is 8.15. The molecular formula is C19H15F4N3OS. The molecule has 4 nitrogen and oxygen atoms in total. The molecular weight excluding hydrogens is 394 g/mol. The number of carbonyl (C=O) groups is 1. The van der Waals surface area contributed by atoms with Gasteiger partial charge in [-0.2, -0.15) is 18.3 Å². The van der Waals surface area contributed by atoms with Gasteiger partial charge in [0.25, 0.3) is 0 Å². The predicted octanol–water partition coefficient (Wildman–Crippen LogP) is 4.40. The van der Waals surface area contributed by atoms with Crippen molar-refractivity contribution in [1.29, 1.82) is 0 Å². The molecule has 1 aliphatic rings. The Kier molecular flexibility index (Phi) is 5.83. The summed E-state index contributed by atoms with van der Waals surface area (Å²) in [6.07, 6.45) is -4.29. The van der Waals surface area contributed by atoms with Crippen molar-refractivity contribution in [3.05, 3.63) is 71.0 Å². The number of nitrogens with one attached hydrogen (secondary N) is 1. The lowest BCUT2D eigenvalue weighted by molar-refractivity contribution is -0.137. The number of amidine groups is 1. The molecule has 2 aromatic carbocycles. The van der Waals surface area contributed by atoms with Gasteiger partial charge in [-0.3, -0.25) is 4.79 Å². The number of hydrogen-bond donors (Lipinski definition) is 1. The van der Waals surface area contributed by atoms with Gasteiger partial charge in [-0.1, -0.05) is 42.1 Å². The van der Waals surface area contributed by atoms with Gasteiger partial charge in [0.05, 0.1) is 16.5 Å². The molecule has 0 spiro atoms. The summed E-state index contributed by atoms with van der Waals surface area (Å²) in [5, 5.41) is 10.3. The van der Waals surface area contributed by atoms with Crippen LogP contribution >= 0.6 is 11.8 Å². The minimum Gasteiger partial charge on any atom is -0.303 e. The first-order valence-electron chi connectivity index (χ1n) is 8.24. The summed E-state index contributed by atoms with van der Waals surface area (Å²) in [4.78, 5) is 12.1. The maximum Gasteiger partial charge on any atom is 0.416 e. The number of hydrogen-bond acceptors (Lipinski definition) is 4. The molecule has 0 bridgehead atoms. The van der Waals surface area contributed by atoms with Crippen LogP contribution in [0.4, 0.5) is 17.6 Å². The first-order chi connectivity index (χ1) is 13.2. The van der Waals surface area contributed by atoms with Crippen molar-refractivity contribution in [1.82, 2.24) is 5.32 Å². The van der Waals surface area contributed by atoms with Crippen LogP contribution in [0.2, 0.25) is 0 Å². The number of rotatable bonds is 4. The van der Waals surface area contributed by atoms with Gasteiger partial charge >= 0.3 is 6.18 Å². The second-order valence-corrected chi connectivity index (χ2v) is 7.29. The molecule has 3 rings (SSSR count). The molecule has 0 saturated carbocycles. The van der Waals surface area contributed by atoms with E-state index in [1.165, 1.54) is 18.2 Å². The van der Waals surface area contributed by atoms with Crippen LogP contribution in [0.1, 0.15) is 23.6 Å². The summed E-state index contributed by atoms with van der Waals surface area (Å²) in [5.74, 6) is -0.699. The molecule has 0 aliphatic carbocycles. The lowest BCUT2D eigenvalue weighted by Gasteiger charge is -2.10. The van der Waals surface area contributed by atoms with Crippen LogP contribution in [0, 0.1) is 5.82 Å². The highest BCUT2D eigenvalue weighted by Crippen LogP contribution is 2.31. The van der Waals surface area contributed by atoms with Crippen molar-refractivity contribution in [2.24, 2.45) is 10.2 Å². The van der Waals surface area contributed by atoms with Crippen molar-refractivity contribution in [3.8, 4) is 0 Å². The minimum atomic E-state index is -4.43. The molecule has 0 radical (unpaired) electrons. The van der Waals surface area contributed by atoms with E-state index in [0.29, 0.717) is 16.8 Å². The monoisotopic (exact) mass is 409 g/mol. The van der Waals surface area contributed by atoms with Crippen LogP contribution in [-0.4, -0.2) is 22.0 Å². The molecule has 1 amide bonds. The Labute approximate surface area is 162 Å². The Hall–Kier alpha value is -2.68. The number of nitrogens with zero attached hydrogens (tertiary/aromatic N) is 2. The summed E-state index contributed by atoms with van der Waals surface area (Å²) in [6.45, 7) is 1.69. The Morgan fingerprint density at radius 2 is 1.89 bits per heavy atom. The highest BCUT2D eigenvalue weighted by atomic mass is 32.2. The van der Waals surface area contributed by atoms with E-state index in [1.54, 1.807) is 25.1 Å². The number of thioether (sulfide) groups is 1. The van der Waals surface area contributed by atoms with E-state index in [-0.39, 0.29) is 23.3 Å². The van der Waals surface area contributed by atoms with E-state index in [4.69, 9.17) is 0 Å². The van der Waals surface area contributed by atoms with Gasteiger partial charge in [0, 0.05) is 0 Å². The third-order valence-corrected chi connectivity index (χ3v) is 5.08. The molecule has 1 saturated heterocycles. The molecule has 1 aliphatic heterocycles. The van der Waals surface area contributed by atoms with E-state index < -0.39 is 17.0 Å². The summed E-state index contributed by atoms with van der Waals surface area (Å²) in [7, 11) is 0. The van der Waals surface area contributed by atoms with Gasteiger partial charge in [-0.15, -0.1) is 5.10 Å². The largest absolute Gasteiger partial charge is 0.416 e. The lowest BCUT2D eigenvalue weighted by atomic mass is 10.1. The predicted molar refractivity (Wildman–Crippen MR) is 101 cm³/mol. The average molecular weight is 409 g/mol. The van der Waals surface area contributed by atoms with Gasteiger partial charge in [0.2, 0.25) is 5.91 Å². The van der Waals surface area contributed by atoms with E-state index in [2.05, 4.69) is 15.5 Å². The van der Waals surface area contributed by atoms with Crippen molar-refractivity contribution in [2.45, 2.75) is 24.8 Å². The van der Waals surface area contributed by atoms with E-state index in [9.17, 15) is 22.4 Å². The van der Waals surface area contributed by atoms with Crippen LogP contribution in [0.25, 0.3) is 0 Å². The molecule has 1 unspecified atom stereocenters. The maximum atomic E-state index is 13.0. The standard InChI is InChI=1S/C19H15F4N3OS/c1-11(13-5-7-15(20)8-6-13)25-26-18-24-17(27)16(28-18)10-12-3-2-4-14(9-12)19(21,22)23/h2-9,16H,10H2,1H3,(H,24,26,27). The fourth-order valence-electron chi connectivity index (χ4n) is 2.54. The number of carbonyl (C=O) groups excluding carboxylic acids is 1. The molecule has 1 N–H and O–H groups in total. The van der Waals surface area contributed by atoms with Crippen LogP contribution in [0.3, 0.4) is 0 Å². The Bertz CT molecular complexity index is 939. The molecule has 146 valence electrons. The summed E-state index contributed by atoms with van der Waals surface area (Å²) >= 11 is 1.11. The fourth-order valence-corrected chi connectivity index (χ4v) is 3.50. The Balaban J connectivity index is 1.69. The molecule has 1 heterocycles. The maximum absolute atomic E-state index is 13.0. The number of amides is 1. The Morgan fingerprint density at radius 1 is 1.18 bits per heavy atom. The van der Waals surface area contributed by atoms with Gasteiger partial charge < -0.3 is 5.32 Å².